The third kappa shape index (κ3) is 8.19. The van der Waals surface area contributed by atoms with Gasteiger partial charge in [0.05, 0.1) is 5.56 Å². The number of carbonyl (C=O) groups excluding carboxylic acids is 3. The molecule has 0 aromatic heterocycles. The van der Waals surface area contributed by atoms with Gasteiger partial charge in [-0.15, -0.1) is 0 Å². The molecule has 0 saturated carbocycles. The fourth-order valence-electron chi connectivity index (χ4n) is 2.62. The summed E-state index contributed by atoms with van der Waals surface area (Å²) in [5.41, 5.74) is 1.22. The Kier molecular flexibility index (Phi) is 8.30. The predicted molar refractivity (Wildman–Crippen MR) is 114 cm³/mol. The van der Waals surface area contributed by atoms with E-state index in [0.717, 1.165) is 16.1 Å². The molecule has 2 aromatic carbocycles. The quantitative estimate of drug-likeness (QED) is 0.310. The van der Waals surface area contributed by atoms with Crippen molar-refractivity contribution < 1.29 is 28.6 Å². The molecular weight excluding hydrogens is 400 g/mol. The zero-order valence-electron chi connectivity index (χ0n) is 18.2. The molecule has 2 aromatic rings. The van der Waals surface area contributed by atoms with Crippen molar-refractivity contribution in [2.45, 2.75) is 45.4 Å². The molecule has 0 saturated heterocycles. The summed E-state index contributed by atoms with van der Waals surface area (Å²) < 4.78 is 15.1. The molecule has 2 N–H and O–H groups in total. The summed E-state index contributed by atoms with van der Waals surface area (Å²) >= 11 is 0. The standard InChI is InChI=1S/C23H28N2O6/c1-23(2,3)31-22(28)30-21(27)19(25(4)24)14-16-10-12-18(13-11-16)20(26)29-15-17-8-6-5-7-9-17/h5-13,19H,14-15,24H2,1-4H3/t19-/m0/s1. The first-order valence-corrected chi connectivity index (χ1v) is 9.77. The van der Waals surface area contributed by atoms with Gasteiger partial charge in [0.2, 0.25) is 0 Å². The third-order valence-corrected chi connectivity index (χ3v) is 4.17. The first-order valence-electron chi connectivity index (χ1n) is 9.77. The Labute approximate surface area is 181 Å². The molecule has 0 spiro atoms. The number of benzene rings is 2. The van der Waals surface area contributed by atoms with Gasteiger partial charge in [-0.3, -0.25) is 5.84 Å². The van der Waals surface area contributed by atoms with Crippen molar-refractivity contribution in [1.82, 2.24) is 5.01 Å². The average molecular weight is 428 g/mol. The van der Waals surface area contributed by atoms with Crippen molar-refractivity contribution >= 4 is 18.1 Å². The summed E-state index contributed by atoms with van der Waals surface area (Å²) in [6.45, 7) is 5.17. The van der Waals surface area contributed by atoms with Gasteiger partial charge < -0.3 is 14.2 Å². The van der Waals surface area contributed by atoms with Crippen LogP contribution < -0.4 is 5.84 Å². The Morgan fingerprint density at radius 2 is 1.58 bits per heavy atom. The van der Waals surface area contributed by atoms with Gasteiger partial charge in [-0.05, 0) is 44.0 Å². The normalized spacial score (nSPS) is 12.2. The van der Waals surface area contributed by atoms with E-state index >= 15 is 0 Å². The number of nitrogens with two attached hydrogens (primary N) is 1. The van der Waals surface area contributed by atoms with Crippen LogP contribution in [0, 0.1) is 0 Å². The molecule has 166 valence electrons. The second kappa shape index (κ2) is 10.7. The maximum absolute atomic E-state index is 12.4. The smallest absolute Gasteiger partial charge is 0.457 e. The van der Waals surface area contributed by atoms with Crippen molar-refractivity contribution in [2.75, 3.05) is 7.05 Å². The molecule has 8 heteroatoms. The van der Waals surface area contributed by atoms with E-state index < -0.39 is 29.7 Å². The van der Waals surface area contributed by atoms with E-state index in [1.807, 2.05) is 30.3 Å². The van der Waals surface area contributed by atoms with Crippen LogP contribution in [0.5, 0.6) is 0 Å². The molecule has 31 heavy (non-hydrogen) atoms. The largest absolute Gasteiger partial charge is 0.516 e. The van der Waals surface area contributed by atoms with E-state index in [4.69, 9.17) is 20.1 Å². The lowest BCUT2D eigenvalue weighted by molar-refractivity contribution is -0.147. The Balaban J connectivity index is 1.96. The summed E-state index contributed by atoms with van der Waals surface area (Å²) in [6.07, 6.45) is -0.908. The fourth-order valence-corrected chi connectivity index (χ4v) is 2.62. The summed E-state index contributed by atoms with van der Waals surface area (Å²) in [6, 6.07) is 15.1. The molecule has 0 heterocycles. The van der Waals surface area contributed by atoms with Crippen molar-refractivity contribution in [3.63, 3.8) is 0 Å². The van der Waals surface area contributed by atoms with E-state index in [1.54, 1.807) is 45.0 Å². The average Bonchev–Trinajstić information content (AvgIpc) is 2.69. The molecule has 2 rings (SSSR count). The monoisotopic (exact) mass is 428 g/mol. The lowest BCUT2D eigenvalue weighted by Crippen LogP contribution is -2.46. The number of hydrogen-bond acceptors (Lipinski definition) is 8. The number of hydrazine groups is 1. The van der Waals surface area contributed by atoms with Gasteiger partial charge in [0.25, 0.3) is 0 Å². The lowest BCUT2D eigenvalue weighted by atomic mass is 10.0. The van der Waals surface area contributed by atoms with Gasteiger partial charge in [0, 0.05) is 13.5 Å². The van der Waals surface area contributed by atoms with Crippen LogP contribution in [0.25, 0.3) is 0 Å². The van der Waals surface area contributed by atoms with Crippen LogP contribution in [0.2, 0.25) is 0 Å². The second-order valence-corrected chi connectivity index (χ2v) is 8.03. The molecule has 0 aliphatic rings. The number of ether oxygens (including phenoxy) is 3. The molecule has 0 bridgehead atoms. The molecule has 0 unspecified atom stereocenters. The van der Waals surface area contributed by atoms with Gasteiger partial charge in [-0.2, -0.15) is 0 Å². The van der Waals surface area contributed by atoms with E-state index in [2.05, 4.69) is 0 Å². The molecule has 1 atom stereocenters. The number of likely N-dealkylation sites (N-methyl/N-ethyl adjacent to an activating group) is 1. The summed E-state index contributed by atoms with van der Waals surface area (Å²) in [4.78, 5) is 36.3. The summed E-state index contributed by atoms with van der Waals surface area (Å²) in [7, 11) is 1.50. The van der Waals surface area contributed by atoms with Crippen LogP contribution in [0.4, 0.5) is 4.79 Å². The minimum absolute atomic E-state index is 0.175. The third-order valence-electron chi connectivity index (χ3n) is 4.17. The lowest BCUT2D eigenvalue weighted by Gasteiger charge is -2.23. The van der Waals surface area contributed by atoms with Gasteiger partial charge >= 0.3 is 18.1 Å². The number of nitrogens with zero attached hydrogens (tertiary/aromatic N) is 1. The van der Waals surface area contributed by atoms with Gasteiger partial charge in [0.15, 0.2) is 0 Å². The van der Waals surface area contributed by atoms with Crippen LogP contribution >= 0.6 is 0 Å². The molecule has 0 amide bonds. The number of rotatable bonds is 7. The van der Waals surface area contributed by atoms with Crippen molar-refractivity contribution in [1.29, 1.82) is 0 Å². The zero-order chi connectivity index (χ0) is 23.0. The first kappa shape index (κ1) is 24.0. The summed E-state index contributed by atoms with van der Waals surface area (Å²) in [5, 5.41) is 1.16. The molecule has 0 radical (unpaired) electrons. The van der Waals surface area contributed by atoms with Crippen LogP contribution in [-0.4, -0.2) is 41.8 Å². The van der Waals surface area contributed by atoms with E-state index in [-0.39, 0.29) is 13.0 Å². The van der Waals surface area contributed by atoms with Gasteiger partial charge in [-0.1, -0.05) is 42.5 Å². The van der Waals surface area contributed by atoms with Crippen molar-refractivity contribution in [2.24, 2.45) is 5.84 Å². The minimum Gasteiger partial charge on any atom is -0.457 e. The Morgan fingerprint density at radius 3 is 2.13 bits per heavy atom. The predicted octanol–water partition coefficient (Wildman–Crippen LogP) is 3.24. The highest BCUT2D eigenvalue weighted by molar-refractivity contribution is 5.89. The van der Waals surface area contributed by atoms with Gasteiger partial charge in [0.1, 0.15) is 18.2 Å². The van der Waals surface area contributed by atoms with Crippen LogP contribution in [0.1, 0.15) is 42.3 Å². The van der Waals surface area contributed by atoms with Crippen molar-refractivity contribution in [3.8, 4) is 0 Å². The fraction of sp³-hybridized carbons (Fsp3) is 0.348. The molecule has 0 fully saturated rings. The topological polar surface area (TPSA) is 108 Å². The number of esters is 2. The maximum Gasteiger partial charge on any atom is 0.516 e. The highest BCUT2D eigenvalue weighted by Crippen LogP contribution is 2.13. The molecule has 0 aliphatic heterocycles. The van der Waals surface area contributed by atoms with E-state index in [9.17, 15) is 14.4 Å². The Hall–Kier alpha value is -3.23. The van der Waals surface area contributed by atoms with E-state index in [0.29, 0.717) is 5.56 Å². The highest BCUT2D eigenvalue weighted by atomic mass is 16.7. The second-order valence-electron chi connectivity index (χ2n) is 8.03. The Bertz CT molecular complexity index is 889. The first-order chi connectivity index (χ1) is 14.5. The van der Waals surface area contributed by atoms with Gasteiger partial charge in [-0.25, -0.2) is 19.4 Å². The SMILES string of the molecule is CN(N)[C@@H](Cc1ccc(C(=O)OCc2ccccc2)cc1)C(=O)OC(=O)OC(C)(C)C. The van der Waals surface area contributed by atoms with Crippen LogP contribution in [0.3, 0.4) is 0 Å². The highest BCUT2D eigenvalue weighted by Gasteiger charge is 2.28. The molecule has 0 aliphatic carbocycles. The number of hydrogen-bond donors (Lipinski definition) is 1. The van der Waals surface area contributed by atoms with Crippen LogP contribution in [0.15, 0.2) is 54.6 Å². The van der Waals surface area contributed by atoms with E-state index in [1.165, 1.54) is 7.05 Å². The molecular formula is C23H28N2O6. The number of carbonyl (C=O) groups is 3. The maximum atomic E-state index is 12.4. The minimum atomic E-state index is -1.08. The Morgan fingerprint density at radius 1 is 0.968 bits per heavy atom. The zero-order valence-corrected chi connectivity index (χ0v) is 18.2. The summed E-state index contributed by atoms with van der Waals surface area (Å²) in [5.74, 6) is 4.49. The van der Waals surface area contributed by atoms with Crippen molar-refractivity contribution in [3.05, 3.63) is 71.3 Å². The molecule has 8 nitrogen and oxygen atoms in total. The van der Waals surface area contributed by atoms with Crippen LogP contribution in [-0.2, 0) is 32.0 Å².